The minimum atomic E-state index is -3.66. The highest BCUT2D eigenvalue weighted by Crippen LogP contribution is 2.26. The zero-order valence-corrected chi connectivity index (χ0v) is 19.3. The average molecular weight is 468 g/mol. The molecule has 0 spiro atoms. The van der Waals surface area contributed by atoms with E-state index in [1.807, 2.05) is 25.1 Å². The number of rotatable bonds is 7. The summed E-state index contributed by atoms with van der Waals surface area (Å²) in [6.07, 6.45) is 1.56. The van der Waals surface area contributed by atoms with Crippen molar-refractivity contribution in [2.75, 3.05) is 48.2 Å². The van der Waals surface area contributed by atoms with Crippen molar-refractivity contribution >= 4 is 38.9 Å². The van der Waals surface area contributed by atoms with Crippen LogP contribution >= 0.6 is 11.6 Å². The molecule has 0 atom stereocenters. The van der Waals surface area contributed by atoms with E-state index in [4.69, 9.17) is 11.6 Å². The second-order valence-electron chi connectivity index (χ2n) is 7.69. The molecular weight excluding hydrogens is 441 g/mol. The number of para-hydroxylation sites is 1. The minimum Gasteiger partial charge on any atom is -0.368 e. The normalized spacial score (nSPS) is 14.6. The van der Waals surface area contributed by atoms with Crippen molar-refractivity contribution in [1.29, 1.82) is 0 Å². The molecule has 0 unspecified atom stereocenters. The first kappa shape index (κ1) is 23.3. The van der Waals surface area contributed by atoms with Gasteiger partial charge in [-0.2, -0.15) is 0 Å². The van der Waals surface area contributed by atoms with Gasteiger partial charge in [-0.3, -0.25) is 9.10 Å². The summed E-state index contributed by atoms with van der Waals surface area (Å²) < 4.78 is 39.4. The monoisotopic (exact) mass is 467 g/mol. The highest BCUT2D eigenvalue weighted by molar-refractivity contribution is 7.92. The molecule has 31 heavy (non-hydrogen) atoms. The van der Waals surface area contributed by atoms with Gasteiger partial charge in [0.1, 0.15) is 5.82 Å². The molecule has 9 heteroatoms. The van der Waals surface area contributed by atoms with Gasteiger partial charge < -0.3 is 9.80 Å². The summed E-state index contributed by atoms with van der Waals surface area (Å²) in [4.78, 5) is 16.7. The van der Waals surface area contributed by atoms with Gasteiger partial charge in [-0.25, -0.2) is 12.8 Å². The van der Waals surface area contributed by atoms with Crippen molar-refractivity contribution in [3.63, 3.8) is 0 Å². The Morgan fingerprint density at radius 2 is 1.81 bits per heavy atom. The van der Waals surface area contributed by atoms with Gasteiger partial charge in [0, 0.05) is 49.9 Å². The maximum atomic E-state index is 14.1. The van der Waals surface area contributed by atoms with E-state index >= 15 is 0 Å². The number of aryl methyl sites for hydroxylation is 1. The van der Waals surface area contributed by atoms with Crippen LogP contribution in [0.3, 0.4) is 0 Å². The average Bonchev–Trinajstić information content (AvgIpc) is 2.73. The Morgan fingerprint density at radius 3 is 2.45 bits per heavy atom. The third-order valence-electron chi connectivity index (χ3n) is 5.42. The SMILES string of the molecule is Cc1ccc(Cl)cc1N1CCN(C(=O)CCCN(c2ccccc2F)S(C)(=O)=O)CC1. The Kier molecular flexibility index (Phi) is 7.43. The molecule has 0 N–H and O–H groups in total. The van der Waals surface area contributed by atoms with Gasteiger partial charge in [0.05, 0.1) is 11.9 Å². The maximum Gasteiger partial charge on any atom is 0.232 e. The summed E-state index contributed by atoms with van der Waals surface area (Å²) in [5.41, 5.74) is 2.22. The quantitative estimate of drug-likeness (QED) is 0.623. The van der Waals surface area contributed by atoms with Gasteiger partial charge >= 0.3 is 0 Å². The first-order valence-electron chi connectivity index (χ1n) is 10.2. The second-order valence-corrected chi connectivity index (χ2v) is 10.0. The largest absolute Gasteiger partial charge is 0.368 e. The number of benzene rings is 2. The molecule has 1 fully saturated rings. The molecule has 3 rings (SSSR count). The van der Waals surface area contributed by atoms with Gasteiger partial charge in [0.25, 0.3) is 0 Å². The second kappa shape index (κ2) is 9.87. The third-order valence-corrected chi connectivity index (χ3v) is 6.83. The van der Waals surface area contributed by atoms with E-state index in [-0.39, 0.29) is 24.6 Å². The molecule has 0 saturated carbocycles. The van der Waals surface area contributed by atoms with Crippen LogP contribution in [0, 0.1) is 12.7 Å². The highest BCUT2D eigenvalue weighted by Gasteiger charge is 2.24. The van der Waals surface area contributed by atoms with E-state index in [2.05, 4.69) is 4.90 Å². The smallest absolute Gasteiger partial charge is 0.232 e. The number of carbonyl (C=O) groups is 1. The first-order chi connectivity index (χ1) is 14.7. The third kappa shape index (κ3) is 5.89. The lowest BCUT2D eigenvalue weighted by molar-refractivity contribution is -0.131. The van der Waals surface area contributed by atoms with E-state index in [1.54, 1.807) is 11.0 Å². The molecule has 6 nitrogen and oxygen atoms in total. The lowest BCUT2D eigenvalue weighted by atomic mass is 10.1. The summed E-state index contributed by atoms with van der Waals surface area (Å²) in [6, 6.07) is 11.5. The van der Waals surface area contributed by atoms with Gasteiger partial charge in [-0.15, -0.1) is 0 Å². The molecule has 0 aliphatic carbocycles. The van der Waals surface area contributed by atoms with Crippen LogP contribution in [0.5, 0.6) is 0 Å². The van der Waals surface area contributed by atoms with E-state index in [0.29, 0.717) is 37.6 Å². The number of sulfonamides is 1. The predicted molar refractivity (Wildman–Crippen MR) is 123 cm³/mol. The molecule has 1 heterocycles. The van der Waals surface area contributed by atoms with Gasteiger partial charge in [-0.05, 0) is 43.2 Å². The molecule has 1 saturated heterocycles. The lowest BCUT2D eigenvalue weighted by Crippen LogP contribution is -2.49. The molecule has 2 aromatic carbocycles. The predicted octanol–water partition coefficient (Wildman–Crippen LogP) is 3.68. The Morgan fingerprint density at radius 1 is 1.13 bits per heavy atom. The first-order valence-corrected chi connectivity index (χ1v) is 12.4. The maximum absolute atomic E-state index is 14.1. The molecule has 1 aliphatic rings. The summed E-state index contributed by atoms with van der Waals surface area (Å²) >= 11 is 6.12. The van der Waals surface area contributed by atoms with Crippen LogP contribution < -0.4 is 9.21 Å². The zero-order valence-electron chi connectivity index (χ0n) is 17.7. The number of amides is 1. The fourth-order valence-electron chi connectivity index (χ4n) is 3.77. The van der Waals surface area contributed by atoms with Crippen molar-refractivity contribution in [1.82, 2.24) is 4.90 Å². The zero-order chi connectivity index (χ0) is 22.6. The molecule has 0 radical (unpaired) electrons. The molecule has 1 aliphatic heterocycles. The molecule has 1 amide bonds. The van der Waals surface area contributed by atoms with Gasteiger partial charge in [0.2, 0.25) is 15.9 Å². The van der Waals surface area contributed by atoms with Crippen molar-refractivity contribution in [2.45, 2.75) is 19.8 Å². The van der Waals surface area contributed by atoms with Crippen molar-refractivity contribution in [3.05, 3.63) is 58.9 Å². The number of halogens is 2. The summed E-state index contributed by atoms with van der Waals surface area (Å²) in [5.74, 6) is -0.629. The molecule has 168 valence electrons. The molecule has 0 bridgehead atoms. The van der Waals surface area contributed by atoms with Crippen LogP contribution in [0.25, 0.3) is 0 Å². The van der Waals surface area contributed by atoms with Gasteiger partial charge in [-0.1, -0.05) is 29.8 Å². The van der Waals surface area contributed by atoms with Crippen LogP contribution in [0.4, 0.5) is 15.8 Å². The Balaban J connectivity index is 1.54. The fraction of sp³-hybridized carbons (Fsp3) is 0.409. The lowest BCUT2D eigenvalue weighted by Gasteiger charge is -2.37. The van der Waals surface area contributed by atoms with Gasteiger partial charge in [0.15, 0.2) is 0 Å². The number of nitrogens with zero attached hydrogens (tertiary/aromatic N) is 3. The summed E-state index contributed by atoms with van der Waals surface area (Å²) in [6.45, 7) is 4.68. The van der Waals surface area contributed by atoms with Crippen LogP contribution in [-0.2, 0) is 14.8 Å². The number of carbonyl (C=O) groups excluding carboxylic acids is 1. The number of piperazine rings is 1. The minimum absolute atomic E-state index is 0.00274. The Bertz CT molecular complexity index is 1040. The Labute approximate surface area is 188 Å². The number of hydrogen-bond donors (Lipinski definition) is 0. The Hall–Kier alpha value is -2.32. The van der Waals surface area contributed by atoms with E-state index in [1.165, 1.54) is 18.2 Å². The van der Waals surface area contributed by atoms with E-state index in [0.717, 1.165) is 21.8 Å². The van der Waals surface area contributed by atoms with Crippen molar-refractivity contribution in [2.24, 2.45) is 0 Å². The van der Waals surface area contributed by atoms with Crippen LogP contribution in [-0.4, -0.2) is 58.2 Å². The van der Waals surface area contributed by atoms with E-state index < -0.39 is 15.8 Å². The van der Waals surface area contributed by atoms with Crippen LogP contribution in [0.1, 0.15) is 18.4 Å². The molecular formula is C22H27ClFN3O3S. The van der Waals surface area contributed by atoms with Crippen LogP contribution in [0.15, 0.2) is 42.5 Å². The highest BCUT2D eigenvalue weighted by atomic mass is 35.5. The van der Waals surface area contributed by atoms with Crippen molar-refractivity contribution in [3.8, 4) is 0 Å². The molecule has 2 aromatic rings. The summed E-state index contributed by atoms with van der Waals surface area (Å²) in [5, 5.41) is 0.685. The summed E-state index contributed by atoms with van der Waals surface area (Å²) in [7, 11) is -3.66. The fourth-order valence-corrected chi connectivity index (χ4v) is 4.90. The standard InChI is InChI=1S/C22H27ClFN3O3S/c1-17-9-10-18(23)16-21(17)25-12-14-26(15-13-25)22(28)8-5-11-27(31(2,29)30)20-7-4-3-6-19(20)24/h3-4,6-7,9-10,16H,5,8,11-15H2,1-2H3. The van der Waals surface area contributed by atoms with Crippen LogP contribution in [0.2, 0.25) is 5.02 Å². The molecule has 0 aromatic heterocycles. The topological polar surface area (TPSA) is 60.9 Å². The van der Waals surface area contributed by atoms with Crippen molar-refractivity contribution < 1.29 is 17.6 Å². The number of anilines is 2. The van der Waals surface area contributed by atoms with E-state index in [9.17, 15) is 17.6 Å². The number of hydrogen-bond acceptors (Lipinski definition) is 4.